The topological polar surface area (TPSA) is 0 Å². The van der Waals surface area contributed by atoms with Crippen molar-refractivity contribution in [1.29, 1.82) is 0 Å². The number of benzene rings is 1. The van der Waals surface area contributed by atoms with Crippen molar-refractivity contribution < 1.29 is 4.39 Å². The Labute approximate surface area is 92.5 Å². The minimum Gasteiger partial charge on any atom is -0.207 e. The Kier molecular flexibility index (Phi) is 5.38. The first-order valence-corrected chi connectivity index (χ1v) is 5.83. The van der Waals surface area contributed by atoms with Crippen LogP contribution in [0.3, 0.4) is 0 Å². The zero-order chi connectivity index (χ0) is 11.1. The van der Waals surface area contributed by atoms with Gasteiger partial charge in [0.2, 0.25) is 0 Å². The van der Waals surface area contributed by atoms with Crippen LogP contribution in [0.5, 0.6) is 0 Å². The van der Waals surface area contributed by atoms with E-state index in [4.69, 9.17) is 0 Å². The number of rotatable bonds is 6. The van der Waals surface area contributed by atoms with Crippen molar-refractivity contribution in [2.75, 3.05) is 0 Å². The maximum atomic E-state index is 13.6. The zero-order valence-electron chi connectivity index (χ0n) is 9.72. The van der Waals surface area contributed by atoms with Crippen molar-refractivity contribution in [3.8, 4) is 0 Å². The molecule has 1 aromatic carbocycles. The van der Waals surface area contributed by atoms with E-state index in [1.807, 2.05) is 13.0 Å². The summed E-state index contributed by atoms with van der Waals surface area (Å²) in [5.41, 5.74) is 2.12. The van der Waals surface area contributed by atoms with E-state index in [-0.39, 0.29) is 5.82 Å². The molecule has 0 aliphatic rings. The van der Waals surface area contributed by atoms with Crippen LogP contribution in [0.2, 0.25) is 0 Å². The third-order valence-corrected chi connectivity index (χ3v) is 2.65. The fourth-order valence-corrected chi connectivity index (χ4v) is 1.87. The van der Waals surface area contributed by atoms with Crippen LogP contribution in [0, 0.1) is 12.2 Å². The first kappa shape index (κ1) is 12.2. The molecule has 0 spiro atoms. The van der Waals surface area contributed by atoms with Gasteiger partial charge >= 0.3 is 0 Å². The molecule has 0 nitrogen and oxygen atoms in total. The summed E-state index contributed by atoms with van der Waals surface area (Å²) in [6.45, 7) is 4.18. The largest absolute Gasteiger partial charge is 0.207 e. The number of hydrogen-bond donors (Lipinski definition) is 0. The maximum absolute atomic E-state index is 13.6. The molecule has 0 fully saturated rings. The minimum absolute atomic E-state index is 0.0305. The van der Waals surface area contributed by atoms with Crippen LogP contribution in [0.1, 0.15) is 44.2 Å². The first-order valence-electron chi connectivity index (χ1n) is 5.83. The highest BCUT2D eigenvalue weighted by Gasteiger charge is 2.06. The van der Waals surface area contributed by atoms with E-state index in [2.05, 4.69) is 19.4 Å². The van der Waals surface area contributed by atoms with Crippen LogP contribution in [0.15, 0.2) is 18.2 Å². The van der Waals surface area contributed by atoms with Gasteiger partial charge in [-0.1, -0.05) is 38.8 Å². The average Bonchev–Trinajstić information content (AvgIpc) is 2.23. The summed E-state index contributed by atoms with van der Waals surface area (Å²) in [5.74, 6) is -0.0305. The van der Waals surface area contributed by atoms with E-state index in [1.165, 1.54) is 5.56 Å². The summed E-state index contributed by atoms with van der Waals surface area (Å²) in [5, 5.41) is 0. The second-order valence-electron chi connectivity index (χ2n) is 3.93. The molecule has 1 aromatic rings. The summed E-state index contributed by atoms with van der Waals surface area (Å²) >= 11 is 0. The monoisotopic (exact) mass is 207 g/mol. The van der Waals surface area contributed by atoms with Gasteiger partial charge in [0.25, 0.3) is 0 Å². The standard InChI is InChI=1S/C14H20F/c1-3-5-6-10-13-12(8-4-2)9-7-11-14(13)15/h3,7,9,11H,4-6,8,10H2,1-2H3. The molecule has 0 saturated carbocycles. The predicted octanol–water partition coefficient (Wildman–Crippen LogP) is 4.33. The maximum Gasteiger partial charge on any atom is 0.126 e. The van der Waals surface area contributed by atoms with Crippen LogP contribution in [-0.2, 0) is 12.8 Å². The van der Waals surface area contributed by atoms with Crippen molar-refractivity contribution in [3.05, 3.63) is 41.6 Å². The number of halogens is 1. The highest BCUT2D eigenvalue weighted by molar-refractivity contribution is 5.29. The fraction of sp³-hybridized carbons (Fsp3) is 0.500. The van der Waals surface area contributed by atoms with E-state index < -0.39 is 0 Å². The van der Waals surface area contributed by atoms with Crippen LogP contribution < -0.4 is 0 Å². The van der Waals surface area contributed by atoms with Crippen LogP contribution in [0.4, 0.5) is 4.39 Å². The highest BCUT2D eigenvalue weighted by Crippen LogP contribution is 2.18. The smallest absolute Gasteiger partial charge is 0.126 e. The summed E-state index contributed by atoms with van der Waals surface area (Å²) in [6.07, 6.45) is 7.19. The molecule has 0 amide bonds. The van der Waals surface area contributed by atoms with Crippen LogP contribution in [-0.4, -0.2) is 0 Å². The van der Waals surface area contributed by atoms with Gasteiger partial charge in [-0.15, -0.1) is 0 Å². The Morgan fingerprint density at radius 1 is 1.27 bits per heavy atom. The molecule has 0 aromatic heterocycles. The van der Waals surface area contributed by atoms with Gasteiger partial charge in [0.15, 0.2) is 0 Å². The van der Waals surface area contributed by atoms with Crippen molar-refractivity contribution >= 4 is 0 Å². The molecule has 83 valence electrons. The van der Waals surface area contributed by atoms with E-state index in [1.54, 1.807) is 6.07 Å². The first-order chi connectivity index (χ1) is 7.29. The lowest BCUT2D eigenvalue weighted by Gasteiger charge is -2.09. The molecule has 0 bridgehead atoms. The normalized spacial score (nSPS) is 10.6. The van der Waals surface area contributed by atoms with Crippen molar-refractivity contribution in [1.82, 2.24) is 0 Å². The molecule has 1 radical (unpaired) electrons. The zero-order valence-corrected chi connectivity index (χ0v) is 9.72. The van der Waals surface area contributed by atoms with E-state index >= 15 is 0 Å². The van der Waals surface area contributed by atoms with Crippen LogP contribution >= 0.6 is 0 Å². The van der Waals surface area contributed by atoms with E-state index in [9.17, 15) is 4.39 Å². The summed E-state index contributed by atoms with van der Waals surface area (Å²) in [7, 11) is 0. The summed E-state index contributed by atoms with van der Waals surface area (Å²) in [6, 6.07) is 5.44. The fourth-order valence-electron chi connectivity index (χ4n) is 1.87. The Morgan fingerprint density at radius 2 is 2.07 bits per heavy atom. The molecule has 0 aliphatic carbocycles. The van der Waals surface area contributed by atoms with E-state index in [0.717, 1.165) is 37.7 Å². The molecule has 1 rings (SSSR count). The minimum atomic E-state index is -0.0305. The third-order valence-electron chi connectivity index (χ3n) is 2.65. The van der Waals surface area contributed by atoms with Crippen molar-refractivity contribution in [3.63, 3.8) is 0 Å². The lowest BCUT2D eigenvalue weighted by atomic mass is 9.98. The van der Waals surface area contributed by atoms with Gasteiger partial charge in [0.1, 0.15) is 5.82 Å². The Balaban J connectivity index is 2.72. The molecule has 0 N–H and O–H groups in total. The van der Waals surface area contributed by atoms with Gasteiger partial charge in [-0.3, -0.25) is 0 Å². The molecular formula is C14H20F. The SMILES string of the molecule is C[CH]CCCc1c(F)cccc1CCC. The quantitative estimate of drug-likeness (QED) is 0.609. The van der Waals surface area contributed by atoms with Gasteiger partial charge in [0, 0.05) is 0 Å². The molecule has 1 heteroatoms. The molecule has 0 saturated heterocycles. The second kappa shape index (κ2) is 6.60. The van der Waals surface area contributed by atoms with Gasteiger partial charge in [-0.05, 0) is 42.9 Å². The van der Waals surface area contributed by atoms with Crippen LogP contribution in [0.25, 0.3) is 0 Å². The van der Waals surface area contributed by atoms with E-state index in [0.29, 0.717) is 0 Å². The number of unbranched alkanes of at least 4 members (excludes halogenated alkanes) is 2. The lowest BCUT2D eigenvalue weighted by Crippen LogP contribution is -1.98. The van der Waals surface area contributed by atoms with Crippen molar-refractivity contribution in [2.45, 2.75) is 46.0 Å². The Hall–Kier alpha value is -0.850. The molecular weight excluding hydrogens is 187 g/mol. The molecule has 0 aliphatic heterocycles. The number of hydrogen-bond acceptors (Lipinski definition) is 0. The summed E-state index contributed by atoms with van der Waals surface area (Å²) in [4.78, 5) is 0. The third kappa shape index (κ3) is 3.65. The molecule has 15 heavy (non-hydrogen) atoms. The molecule has 0 atom stereocenters. The lowest BCUT2D eigenvalue weighted by molar-refractivity contribution is 0.599. The summed E-state index contributed by atoms with van der Waals surface area (Å²) < 4.78 is 13.6. The predicted molar refractivity (Wildman–Crippen MR) is 63.3 cm³/mol. The second-order valence-corrected chi connectivity index (χ2v) is 3.93. The average molecular weight is 207 g/mol. The van der Waals surface area contributed by atoms with Gasteiger partial charge in [-0.25, -0.2) is 4.39 Å². The van der Waals surface area contributed by atoms with Crippen molar-refractivity contribution in [2.24, 2.45) is 0 Å². The number of aryl methyl sites for hydroxylation is 1. The highest BCUT2D eigenvalue weighted by atomic mass is 19.1. The Morgan fingerprint density at radius 3 is 2.73 bits per heavy atom. The van der Waals surface area contributed by atoms with Gasteiger partial charge in [-0.2, -0.15) is 0 Å². The van der Waals surface area contributed by atoms with Gasteiger partial charge < -0.3 is 0 Å². The molecule has 0 heterocycles. The molecule has 0 unspecified atom stereocenters. The Bertz CT molecular complexity index is 291. The van der Waals surface area contributed by atoms with Gasteiger partial charge in [0.05, 0.1) is 0 Å².